The molecule has 0 spiro atoms. The second-order valence-corrected chi connectivity index (χ2v) is 9.09. The first-order valence-electron chi connectivity index (χ1n) is 11.0. The Morgan fingerprint density at radius 3 is 2.77 bits per heavy atom. The molecule has 0 saturated carbocycles. The van der Waals surface area contributed by atoms with Crippen LogP contribution in [0.2, 0.25) is 0 Å². The van der Waals surface area contributed by atoms with Gasteiger partial charge in [0.15, 0.2) is 5.13 Å². The number of amides is 2. The van der Waals surface area contributed by atoms with Crippen LogP contribution < -0.4 is 10.1 Å². The molecule has 1 saturated heterocycles. The van der Waals surface area contributed by atoms with Crippen molar-refractivity contribution in [3.05, 3.63) is 71.1 Å². The van der Waals surface area contributed by atoms with E-state index in [4.69, 9.17) is 4.74 Å². The Morgan fingerprint density at radius 1 is 1.20 bits per heavy atom. The van der Waals surface area contributed by atoms with E-state index in [1.165, 1.54) is 47.0 Å². The molecule has 178 valence electrons. The molecule has 1 aromatic carbocycles. The number of aromatic nitrogens is 4. The number of anilines is 1. The lowest BCUT2D eigenvalue weighted by molar-refractivity contribution is -0.112. The Balaban J connectivity index is 1.38. The van der Waals surface area contributed by atoms with Crippen LogP contribution in [0.4, 0.5) is 5.13 Å². The fourth-order valence-corrected chi connectivity index (χ4v) is 4.75. The molecule has 0 aliphatic carbocycles. The molecule has 1 aliphatic rings. The number of carbonyl (C=O) groups is 3. The summed E-state index contributed by atoms with van der Waals surface area (Å²) < 4.78 is 6.71. The summed E-state index contributed by atoms with van der Waals surface area (Å²) in [5, 5.41) is 4.46. The maximum Gasteiger partial charge on any atom is 0.300 e. The number of rotatable bonds is 7. The van der Waals surface area contributed by atoms with E-state index in [1.54, 1.807) is 10.3 Å². The van der Waals surface area contributed by atoms with Crippen molar-refractivity contribution in [1.82, 2.24) is 24.3 Å². The van der Waals surface area contributed by atoms with Gasteiger partial charge < -0.3 is 9.64 Å². The summed E-state index contributed by atoms with van der Waals surface area (Å²) in [5.74, 6) is -1.30. The average molecular weight is 491 g/mol. The summed E-state index contributed by atoms with van der Waals surface area (Å²) in [7, 11) is 1.42. The van der Waals surface area contributed by atoms with Gasteiger partial charge in [-0.2, -0.15) is 4.98 Å². The normalized spacial score (nSPS) is 15.3. The van der Waals surface area contributed by atoms with Crippen LogP contribution in [0.15, 0.2) is 54.3 Å². The van der Waals surface area contributed by atoms with Gasteiger partial charge in [0, 0.05) is 30.9 Å². The summed E-state index contributed by atoms with van der Waals surface area (Å²) >= 11 is 1.20. The second kappa shape index (κ2) is 9.63. The number of hydrogen-bond acceptors (Lipinski definition) is 8. The Kier molecular flexibility index (Phi) is 6.23. The summed E-state index contributed by atoms with van der Waals surface area (Å²) in [6, 6.07) is 10.2. The molecule has 35 heavy (non-hydrogen) atoms. The Hall–Kier alpha value is -4.12. The number of hydrogen-bond donors (Lipinski definition) is 1. The van der Waals surface area contributed by atoms with Crippen LogP contribution in [0.3, 0.4) is 0 Å². The molecule has 5 rings (SSSR count). The number of benzene rings is 1. The minimum Gasteiger partial charge on any atom is -0.480 e. The molecule has 0 radical (unpaired) electrons. The van der Waals surface area contributed by atoms with Gasteiger partial charge in [0.25, 0.3) is 17.6 Å². The highest BCUT2D eigenvalue weighted by molar-refractivity contribution is 7.13. The molecular formula is C24H22N6O4S. The van der Waals surface area contributed by atoms with E-state index in [-0.39, 0.29) is 28.8 Å². The topological polar surface area (TPSA) is 119 Å². The van der Waals surface area contributed by atoms with E-state index in [0.29, 0.717) is 24.1 Å². The third kappa shape index (κ3) is 4.62. The first-order chi connectivity index (χ1) is 17.0. The van der Waals surface area contributed by atoms with Crippen LogP contribution in [-0.2, 0) is 11.2 Å². The van der Waals surface area contributed by atoms with Crippen LogP contribution >= 0.6 is 11.3 Å². The number of fused-ring (bicyclic) bond motifs is 1. The van der Waals surface area contributed by atoms with Gasteiger partial charge in [0.1, 0.15) is 11.3 Å². The number of imidazole rings is 1. The first kappa shape index (κ1) is 22.7. The van der Waals surface area contributed by atoms with Gasteiger partial charge >= 0.3 is 0 Å². The van der Waals surface area contributed by atoms with Crippen molar-refractivity contribution in [3.8, 4) is 5.88 Å². The third-order valence-corrected chi connectivity index (χ3v) is 6.61. The van der Waals surface area contributed by atoms with Crippen LogP contribution in [0, 0.1) is 5.92 Å². The Labute approximate surface area is 204 Å². The molecule has 11 heteroatoms. The lowest BCUT2D eigenvalue weighted by Gasteiger charge is -2.18. The van der Waals surface area contributed by atoms with Gasteiger partial charge in [0.2, 0.25) is 11.7 Å². The summed E-state index contributed by atoms with van der Waals surface area (Å²) in [6.07, 6.45) is 6.03. The SMILES string of the molecule is COc1nc2ncc(C(=O)C(=O)Nc3nccs3)n2cc1C(=O)N1CCC(Cc2ccccc2)C1. The van der Waals surface area contributed by atoms with Crippen molar-refractivity contribution in [2.24, 2.45) is 5.92 Å². The quantitative estimate of drug-likeness (QED) is 0.313. The highest BCUT2D eigenvalue weighted by atomic mass is 32.1. The Morgan fingerprint density at radius 2 is 2.03 bits per heavy atom. The van der Waals surface area contributed by atoms with Crippen molar-refractivity contribution >= 4 is 39.8 Å². The molecule has 0 bridgehead atoms. The number of nitrogens with one attached hydrogen (secondary N) is 1. The van der Waals surface area contributed by atoms with E-state index < -0.39 is 11.7 Å². The predicted molar refractivity (Wildman–Crippen MR) is 129 cm³/mol. The Bertz CT molecular complexity index is 1390. The van der Waals surface area contributed by atoms with Crippen LogP contribution in [0.5, 0.6) is 5.88 Å². The van der Waals surface area contributed by atoms with Crippen molar-refractivity contribution in [3.63, 3.8) is 0 Å². The van der Waals surface area contributed by atoms with Gasteiger partial charge in [-0.05, 0) is 24.3 Å². The molecule has 1 aliphatic heterocycles. The van der Waals surface area contributed by atoms with Gasteiger partial charge in [-0.25, -0.2) is 9.97 Å². The molecule has 1 fully saturated rings. The molecule has 1 N–H and O–H groups in total. The molecule has 4 aromatic rings. The van der Waals surface area contributed by atoms with Gasteiger partial charge in [-0.3, -0.25) is 24.1 Å². The number of methoxy groups -OCH3 is 1. The fraction of sp³-hybridized carbons (Fsp3) is 0.250. The molecule has 1 atom stereocenters. The number of Topliss-reactive ketones (excluding diaryl/α,β-unsaturated/α-hetero) is 1. The van der Waals surface area contributed by atoms with Crippen LogP contribution in [0.1, 0.15) is 32.8 Å². The third-order valence-electron chi connectivity index (χ3n) is 5.92. The molecular weight excluding hydrogens is 468 g/mol. The smallest absolute Gasteiger partial charge is 0.300 e. The highest BCUT2D eigenvalue weighted by Crippen LogP contribution is 2.26. The van der Waals surface area contributed by atoms with Gasteiger partial charge in [-0.15, -0.1) is 11.3 Å². The molecule has 3 aromatic heterocycles. The number of nitrogens with zero attached hydrogens (tertiary/aromatic N) is 5. The molecule has 10 nitrogen and oxygen atoms in total. The molecule has 1 unspecified atom stereocenters. The number of ether oxygens (including phenoxy) is 1. The van der Waals surface area contributed by atoms with E-state index in [1.807, 2.05) is 18.2 Å². The maximum atomic E-state index is 13.4. The van der Waals surface area contributed by atoms with E-state index >= 15 is 0 Å². The number of likely N-dealkylation sites (tertiary alicyclic amines) is 1. The van der Waals surface area contributed by atoms with E-state index in [0.717, 1.165) is 12.8 Å². The van der Waals surface area contributed by atoms with Gasteiger partial charge in [-0.1, -0.05) is 30.3 Å². The monoisotopic (exact) mass is 490 g/mol. The summed E-state index contributed by atoms with van der Waals surface area (Å²) in [4.78, 5) is 52.8. The minimum absolute atomic E-state index is 0.0124. The number of ketones is 1. The largest absolute Gasteiger partial charge is 0.480 e. The summed E-state index contributed by atoms with van der Waals surface area (Å²) in [5.41, 5.74) is 1.43. The maximum absolute atomic E-state index is 13.4. The average Bonchev–Trinajstić information content (AvgIpc) is 3.64. The number of carbonyl (C=O) groups excluding carboxylic acids is 3. The lowest BCUT2D eigenvalue weighted by Crippen LogP contribution is -2.30. The van der Waals surface area contributed by atoms with E-state index in [9.17, 15) is 14.4 Å². The minimum atomic E-state index is -0.853. The zero-order valence-corrected chi connectivity index (χ0v) is 19.7. The van der Waals surface area contributed by atoms with Crippen molar-refractivity contribution in [1.29, 1.82) is 0 Å². The predicted octanol–water partition coefficient (Wildman–Crippen LogP) is 2.72. The lowest BCUT2D eigenvalue weighted by atomic mass is 9.99. The van der Waals surface area contributed by atoms with Crippen LogP contribution in [-0.4, -0.2) is 62.0 Å². The van der Waals surface area contributed by atoms with E-state index in [2.05, 4.69) is 32.4 Å². The molecule has 2 amide bonds. The van der Waals surface area contributed by atoms with Crippen LogP contribution in [0.25, 0.3) is 5.78 Å². The highest BCUT2D eigenvalue weighted by Gasteiger charge is 2.30. The zero-order valence-electron chi connectivity index (χ0n) is 18.9. The summed E-state index contributed by atoms with van der Waals surface area (Å²) in [6.45, 7) is 1.23. The second-order valence-electron chi connectivity index (χ2n) is 8.19. The van der Waals surface area contributed by atoms with Crippen molar-refractivity contribution in [2.45, 2.75) is 12.8 Å². The molecule has 4 heterocycles. The number of thiazole rings is 1. The van der Waals surface area contributed by atoms with Crippen molar-refractivity contribution in [2.75, 3.05) is 25.5 Å². The standard InChI is InChI=1S/C24H22N6O4S/c1-34-21-17(22(33)29-9-7-16(13-29)11-15-5-3-2-4-6-15)14-30-18(12-26-23(30)28-21)19(31)20(32)27-24-25-8-10-35-24/h2-6,8,10,12,14,16H,7,9,11,13H2,1H3,(H,25,27,32). The van der Waals surface area contributed by atoms with Crippen molar-refractivity contribution < 1.29 is 19.1 Å². The first-order valence-corrected chi connectivity index (χ1v) is 11.9. The zero-order chi connectivity index (χ0) is 24.4. The van der Waals surface area contributed by atoms with Gasteiger partial charge in [0.05, 0.1) is 13.3 Å². The fourth-order valence-electron chi connectivity index (χ4n) is 4.22.